The van der Waals surface area contributed by atoms with E-state index in [4.69, 9.17) is 4.74 Å². The number of methoxy groups -OCH3 is 1. The lowest BCUT2D eigenvalue weighted by Gasteiger charge is -2.36. The molecule has 1 fully saturated rings. The van der Waals surface area contributed by atoms with Gasteiger partial charge < -0.3 is 19.3 Å². The van der Waals surface area contributed by atoms with E-state index in [0.29, 0.717) is 31.7 Å². The van der Waals surface area contributed by atoms with Crippen LogP contribution in [0.15, 0.2) is 16.7 Å². The van der Waals surface area contributed by atoms with E-state index in [1.165, 1.54) is 13.3 Å². The number of piperazine rings is 1. The van der Waals surface area contributed by atoms with Gasteiger partial charge in [-0.15, -0.1) is 0 Å². The van der Waals surface area contributed by atoms with Crippen molar-refractivity contribution in [2.45, 2.75) is 26.4 Å². The lowest BCUT2D eigenvalue weighted by atomic mass is 10.2. The molecule has 0 atom stereocenters. The molecule has 7 nitrogen and oxygen atoms in total. The zero-order chi connectivity index (χ0) is 17.9. The maximum absolute atomic E-state index is 12.1. The van der Waals surface area contributed by atoms with Gasteiger partial charge in [0.2, 0.25) is 0 Å². The number of amides is 1. The highest BCUT2D eigenvalue weighted by atomic mass is 79.9. The van der Waals surface area contributed by atoms with Crippen molar-refractivity contribution < 1.29 is 19.1 Å². The van der Waals surface area contributed by atoms with Crippen molar-refractivity contribution in [3.63, 3.8) is 0 Å². The molecule has 1 aromatic heterocycles. The molecule has 1 aromatic rings. The van der Waals surface area contributed by atoms with E-state index in [-0.39, 0.29) is 6.09 Å². The minimum atomic E-state index is -0.498. The molecular weight excluding hydrogens is 378 g/mol. The Morgan fingerprint density at radius 3 is 2.33 bits per heavy atom. The van der Waals surface area contributed by atoms with Crippen LogP contribution in [0, 0.1) is 0 Å². The van der Waals surface area contributed by atoms with Gasteiger partial charge in [0.25, 0.3) is 0 Å². The van der Waals surface area contributed by atoms with E-state index < -0.39 is 11.6 Å². The number of carbonyl (C=O) groups is 2. The Morgan fingerprint density at radius 1 is 1.21 bits per heavy atom. The molecule has 0 unspecified atom stereocenters. The molecule has 0 spiro atoms. The Balaban J connectivity index is 2.00. The summed E-state index contributed by atoms with van der Waals surface area (Å²) < 4.78 is 10.8. The van der Waals surface area contributed by atoms with E-state index in [1.54, 1.807) is 11.0 Å². The first-order chi connectivity index (χ1) is 11.2. The van der Waals surface area contributed by atoms with Crippen LogP contribution in [0.2, 0.25) is 0 Å². The van der Waals surface area contributed by atoms with Crippen molar-refractivity contribution >= 4 is 33.8 Å². The van der Waals surface area contributed by atoms with Crippen LogP contribution < -0.4 is 4.90 Å². The second-order valence-corrected chi connectivity index (χ2v) is 7.33. The first-order valence-electron chi connectivity index (χ1n) is 7.68. The summed E-state index contributed by atoms with van der Waals surface area (Å²) in [6.45, 7) is 7.95. The van der Waals surface area contributed by atoms with Gasteiger partial charge in [-0.2, -0.15) is 0 Å². The standard InChI is InChI=1S/C16H22BrN3O4/c1-16(2,3)24-15(22)20-7-5-19(6-8-20)13-12(17)9-11(10-18-13)14(21)23-4/h9-10H,5-8H2,1-4H3. The number of hydrogen-bond acceptors (Lipinski definition) is 6. The maximum Gasteiger partial charge on any atom is 0.410 e. The quantitative estimate of drug-likeness (QED) is 0.711. The second kappa shape index (κ2) is 7.38. The van der Waals surface area contributed by atoms with E-state index in [1.807, 2.05) is 20.8 Å². The van der Waals surface area contributed by atoms with Gasteiger partial charge >= 0.3 is 12.1 Å². The molecule has 2 heterocycles. The third-order valence-corrected chi connectivity index (χ3v) is 4.06. The summed E-state index contributed by atoms with van der Waals surface area (Å²) >= 11 is 3.45. The number of carbonyl (C=O) groups excluding carboxylic acids is 2. The summed E-state index contributed by atoms with van der Waals surface area (Å²) in [4.78, 5) is 31.7. The minimum Gasteiger partial charge on any atom is -0.465 e. The van der Waals surface area contributed by atoms with Crippen LogP contribution in [0.4, 0.5) is 10.6 Å². The second-order valence-electron chi connectivity index (χ2n) is 6.48. The molecule has 0 radical (unpaired) electrons. The van der Waals surface area contributed by atoms with Crippen molar-refractivity contribution in [1.29, 1.82) is 0 Å². The largest absolute Gasteiger partial charge is 0.465 e. The molecule has 1 aliphatic heterocycles. The van der Waals surface area contributed by atoms with E-state index in [2.05, 4.69) is 30.6 Å². The van der Waals surface area contributed by atoms with Crippen LogP contribution in [-0.2, 0) is 9.47 Å². The number of halogens is 1. The van der Waals surface area contributed by atoms with Crippen molar-refractivity contribution in [1.82, 2.24) is 9.88 Å². The SMILES string of the molecule is COC(=O)c1cnc(N2CCN(C(=O)OC(C)(C)C)CC2)c(Br)c1. The average molecular weight is 400 g/mol. The Hall–Kier alpha value is -1.83. The van der Waals surface area contributed by atoms with Gasteiger partial charge in [0.05, 0.1) is 17.1 Å². The van der Waals surface area contributed by atoms with E-state index in [9.17, 15) is 9.59 Å². The fourth-order valence-electron chi connectivity index (χ4n) is 2.32. The first-order valence-corrected chi connectivity index (χ1v) is 8.47. The number of pyridine rings is 1. The Kier molecular flexibility index (Phi) is 5.69. The molecular formula is C16H22BrN3O4. The Morgan fingerprint density at radius 2 is 1.83 bits per heavy atom. The molecule has 24 heavy (non-hydrogen) atoms. The predicted molar refractivity (Wildman–Crippen MR) is 93.3 cm³/mol. The Bertz CT molecular complexity index is 622. The van der Waals surface area contributed by atoms with Gasteiger partial charge in [0.15, 0.2) is 0 Å². The molecule has 0 N–H and O–H groups in total. The monoisotopic (exact) mass is 399 g/mol. The van der Waals surface area contributed by atoms with Crippen LogP contribution >= 0.6 is 15.9 Å². The summed E-state index contributed by atoms with van der Waals surface area (Å²) in [5.41, 5.74) is -0.108. The number of rotatable bonds is 2. The van der Waals surface area contributed by atoms with Crippen LogP contribution in [0.5, 0.6) is 0 Å². The number of aromatic nitrogens is 1. The van der Waals surface area contributed by atoms with Gasteiger partial charge in [0, 0.05) is 32.4 Å². The van der Waals surface area contributed by atoms with Crippen molar-refractivity contribution in [2.75, 3.05) is 38.2 Å². The number of nitrogens with zero attached hydrogens (tertiary/aromatic N) is 3. The van der Waals surface area contributed by atoms with Crippen molar-refractivity contribution in [3.05, 3.63) is 22.3 Å². The zero-order valence-electron chi connectivity index (χ0n) is 14.3. The lowest BCUT2D eigenvalue weighted by molar-refractivity contribution is 0.0240. The van der Waals surface area contributed by atoms with Gasteiger partial charge in [0.1, 0.15) is 11.4 Å². The summed E-state index contributed by atoms with van der Waals surface area (Å²) in [6, 6.07) is 1.69. The lowest BCUT2D eigenvalue weighted by Crippen LogP contribution is -2.50. The molecule has 8 heteroatoms. The number of anilines is 1. The van der Waals surface area contributed by atoms with E-state index >= 15 is 0 Å². The van der Waals surface area contributed by atoms with Gasteiger partial charge in [-0.25, -0.2) is 14.6 Å². The summed E-state index contributed by atoms with van der Waals surface area (Å²) in [6.07, 6.45) is 1.20. The summed E-state index contributed by atoms with van der Waals surface area (Å²) in [5.74, 6) is 0.316. The van der Waals surface area contributed by atoms with Gasteiger partial charge in [-0.3, -0.25) is 0 Å². The maximum atomic E-state index is 12.1. The molecule has 2 rings (SSSR count). The Labute approximate surface area is 150 Å². The number of esters is 1. The fourth-order valence-corrected chi connectivity index (χ4v) is 2.92. The molecule has 132 valence electrons. The predicted octanol–water partition coefficient (Wildman–Crippen LogP) is 2.69. The molecule has 0 aromatic carbocycles. The van der Waals surface area contributed by atoms with Gasteiger partial charge in [-0.1, -0.05) is 0 Å². The zero-order valence-corrected chi connectivity index (χ0v) is 15.9. The van der Waals surface area contributed by atoms with Crippen LogP contribution in [0.25, 0.3) is 0 Å². The molecule has 1 amide bonds. The smallest absolute Gasteiger partial charge is 0.410 e. The normalized spacial score (nSPS) is 15.2. The van der Waals surface area contributed by atoms with Gasteiger partial charge in [-0.05, 0) is 42.8 Å². The third kappa shape index (κ3) is 4.59. The fraction of sp³-hybridized carbons (Fsp3) is 0.562. The summed E-state index contributed by atoms with van der Waals surface area (Å²) in [7, 11) is 1.33. The number of ether oxygens (including phenoxy) is 2. The highest BCUT2D eigenvalue weighted by Crippen LogP contribution is 2.26. The third-order valence-electron chi connectivity index (χ3n) is 3.47. The number of hydrogen-bond donors (Lipinski definition) is 0. The van der Waals surface area contributed by atoms with Crippen LogP contribution in [0.3, 0.4) is 0 Å². The molecule has 0 aliphatic carbocycles. The first kappa shape index (κ1) is 18.5. The van der Waals surface area contributed by atoms with Crippen molar-refractivity contribution in [3.8, 4) is 0 Å². The van der Waals surface area contributed by atoms with E-state index in [0.717, 1.165) is 10.3 Å². The van der Waals surface area contributed by atoms with Crippen molar-refractivity contribution in [2.24, 2.45) is 0 Å². The van der Waals surface area contributed by atoms with Crippen LogP contribution in [0.1, 0.15) is 31.1 Å². The molecule has 1 saturated heterocycles. The molecule has 0 bridgehead atoms. The highest BCUT2D eigenvalue weighted by molar-refractivity contribution is 9.10. The average Bonchev–Trinajstić information content (AvgIpc) is 2.52. The summed E-state index contributed by atoms with van der Waals surface area (Å²) in [5, 5.41) is 0. The van der Waals surface area contributed by atoms with Crippen LogP contribution in [-0.4, -0.2) is 60.8 Å². The molecule has 1 aliphatic rings. The highest BCUT2D eigenvalue weighted by Gasteiger charge is 2.27. The minimum absolute atomic E-state index is 0.296. The topological polar surface area (TPSA) is 72.0 Å². The molecule has 0 saturated carbocycles.